The smallest absolute Gasteiger partial charge is 0.310 e. The van der Waals surface area contributed by atoms with Crippen LogP contribution in [0.3, 0.4) is 0 Å². The molecular formula is C19H20ClNO4. The summed E-state index contributed by atoms with van der Waals surface area (Å²) in [4.78, 5) is 23.9. The molecule has 5 nitrogen and oxygen atoms in total. The molecule has 2 aromatic carbocycles. The molecule has 0 bridgehead atoms. The van der Waals surface area contributed by atoms with Crippen LogP contribution in [-0.4, -0.2) is 24.6 Å². The van der Waals surface area contributed by atoms with E-state index in [4.69, 9.17) is 21.1 Å². The summed E-state index contributed by atoms with van der Waals surface area (Å²) in [5.74, 6) is -0.225. The molecule has 132 valence electrons. The molecule has 2 aromatic rings. The lowest BCUT2D eigenvalue weighted by Crippen LogP contribution is -2.30. The summed E-state index contributed by atoms with van der Waals surface area (Å²) in [7, 11) is 0. The number of halogens is 1. The van der Waals surface area contributed by atoms with Gasteiger partial charge >= 0.3 is 5.97 Å². The van der Waals surface area contributed by atoms with Gasteiger partial charge in [-0.15, -0.1) is 0 Å². The third kappa shape index (κ3) is 5.80. The van der Waals surface area contributed by atoms with E-state index in [2.05, 4.69) is 5.32 Å². The van der Waals surface area contributed by atoms with Gasteiger partial charge in [0.25, 0.3) is 5.91 Å². The summed E-state index contributed by atoms with van der Waals surface area (Å²) >= 11 is 5.98. The van der Waals surface area contributed by atoms with E-state index in [0.717, 1.165) is 11.3 Å². The van der Waals surface area contributed by atoms with Crippen molar-refractivity contribution in [1.29, 1.82) is 0 Å². The Bertz CT molecular complexity index is 748. The Morgan fingerprint density at radius 3 is 2.52 bits per heavy atom. The predicted molar refractivity (Wildman–Crippen MR) is 96.9 cm³/mol. The highest BCUT2D eigenvalue weighted by Gasteiger charge is 2.18. The van der Waals surface area contributed by atoms with Crippen LogP contribution < -0.4 is 10.1 Å². The van der Waals surface area contributed by atoms with Crippen LogP contribution in [0, 0.1) is 6.92 Å². The molecule has 2 rings (SSSR count). The first-order valence-electron chi connectivity index (χ1n) is 7.90. The Labute approximate surface area is 151 Å². The largest absolute Gasteiger partial charge is 0.493 e. The molecule has 1 atom stereocenters. The van der Waals surface area contributed by atoms with Gasteiger partial charge in [0.2, 0.25) is 0 Å². The second kappa shape index (κ2) is 9.08. The highest BCUT2D eigenvalue weighted by molar-refractivity contribution is 6.33. The van der Waals surface area contributed by atoms with Gasteiger partial charge in [-0.1, -0.05) is 41.9 Å². The Kier molecular flexibility index (Phi) is 6.83. The van der Waals surface area contributed by atoms with Crippen molar-refractivity contribution in [3.63, 3.8) is 0 Å². The molecule has 0 aliphatic heterocycles. The number of nitrogens with one attached hydrogen (secondary N) is 1. The van der Waals surface area contributed by atoms with Crippen molar-refractivity contribution in [2.45, 2.75) is 26.4 Å². The fourth-order valence-electron chi connectivity index (χ4n) is 2.07. The van der Waals surface area contributed by atoms with Gasteiger partial charge in [-0.2, -0.15) is 0 Å². The van der Waals surface area contributed by atoms with Crippen LogP contribution in [-0.2, 0) is 14.3 Å². The Hall–Kier alpha value is -2.53. The maximum absolute atomic E-state index is 12.1. The lowest BCUT2D eigenvalue weighted by atomic mass is 10.2. The summed E-state index contributed by atoms with van der Waals surface area (Å²) in [6.45, 7) is 3.61. The van der Waals surface area contributed by atoms with Crippen LogP contribution in [0.2, 0.25) is 5.02 Å². The second-order valence-electron chi connectivity index (χ2n) is 5.47. The third-order valence-electron chi connectivity index (χ3n) is 3.47. The zero-order valence-corrected chi connectivity index (χ0v) is 14.9. The van der Waals surface area contributed by atoms with Gasteiger partial charge in [0.05, 0.1) is 23.7 Å². The first-order valence-corrected chi connectivity index (χ1v) is 8.28. The van der Waals surface area contributed by atoms with Gasteiger partial charge in [0, 0.05) is 0 Å². The molecule has 0 saturated carbocycles. The van der Waals surface area contributed by atoms with Gasteiger partial charge in [0.1, 0.15) is 5.75 Å². The molecule has 0 radical (unpaired) electrons. The average Bonchev–Trinajstić information content (AvgIpc) is 2.58. The first-order chi connectivity index (χ1) is 12.0. The summed E-state index contributed by atoms with van der Waals surface area (Å²) in [5.41, 5.74) is 1.46. The summed E-state index contributed by atoms with van der Waals surface area (Å²) in [6, 6.07) is 14.4. The lowest BCUT2D eigenvalue weighted by Gasteiger charge is -2.14. The predicted octanol–water partition coefficient (Wildman–Crippen LogP) is 3.99. The molecule has 1 N–H and O–H groups in total. The van der Waals surface area contributed by atoms with Crippen molar-refractivity contribution in [2.75, 3.05) is 11.9 Å². The van der Waals surface area contributed by atoms with Crippen LogP contribution in [0.5, 0.6) is 5.75 Å². The van der Waals surface area contributed by atoms with E-state index < -0.39 is 18.0 Å². The number of anilines is 1. The molecular weight excluding hydrogens is 342 g/mol. The van der Waals surface area contributed by atoms with Crippen LogP contribution in [0.4, 0.5) is 5.69 Å². The summed E-state index contributed by atoms with van der Waals surface area (Å²) in [5, 5.41) is 3.04. The van der Waals surface area contributed by atoms with Gasteiger partial charge in [-0.3, -0.25) is 9.59 Å². The fourth-order valence-corrected chi connectivity index (χ4v) is 2.25. The minimum absolute atomic E-state index is 0.0536. The molecule has 6 heteroatoms. The average molecular weight is 362 g/mol. The molecule has 0 spiro atoms. The SMILES string of the molecule is Cc1ccccc1OCCC(=O)O[C@@H](C)C(=O)Nc1ccccc1Cl. The molecule has 0 fully saturated rings. The van der Waals surface area contributed by atoms with Crippen molar-refractivity contribution in [3.8, 4) is 5.75 Å². The maximum Gasteiger partial charge on any atom is 0.310 e. The number of hydrogen-bond donors (Lipinski definition) is 1. The third-order valence-corrected chi connectivity index (χ3v) is 3.80. The molecule has 0 aliphatic rings. The van der Waals surface area contributed by atoms with E-state index in [1.807, 2.05) is 31.2 Å². The van der Waals surface area contributed by atoms with Crippen molar-refractivity contribution in [2.24, 2.45) is 0 Å². The van der Waals surface area contributed by atoms with Gasteiger partial charge in [-0.05, 0) is 37.6 Å². The van der Waals surface area contributed by atoms with Crippen LogP contribution in [0.25, 0.3) is 0 Å². The number of hydrogen-bond acceptors (Lipinski definition) is 4. The Balaban J connectivity index is 1.77. The molecule has 1 amide bonds. The fraction of sp³-hybridized carbons (Fsp3) is 0.263. The quantitative estimate of drug-likeness (QED) is 0.757. The number of esters is 1. The minimum Gasteiger partial charge on any atom is -0.493 e. The number of carbonyl (C=O) groups excluding carboxylic acids is 2. The van der Waals surface area contributed by atoms with Crippen LogP contribution in [0.1, 0.15) is 18.9 Å². The second-order valence-corrected chi connectivity index (χ2v) is 5.87. The van der Waals surface area contributed by atoms with Crippen LogP contribution >= 0.6 is 11.6 Å². The maximum atomic E-state index is 12.1. The number of ether oxygens (including phenoxy) is 2. The normalized spacial score (nSPS) is 11.5. The van der Waals surface area contributed by atoms with E-state index >= 15 is 0 Å². The standard InChI is InChI=1S/C19H20ClNO4/c1-13-7-3-6-10-17(13)24-12-11-18(22)25-14(2)19(23)21-16-9-5-4-8-15(16)20/h3-10,14H,11-12H2,1-2H3,(H,21,23)/t14-/m0/s1. The number of para-hydroxylation sites is 2. The van der Waals surface area contributed by atoms with E-state index in [1.54, 1.807) is 24.3 Å². The molecule has 25 heavy (non-hydrogen) atoms. The number of carbonyl (C=O) groups is 2. The van der Waals surface area contributed by atoms with E-state index in [1.165, 1.54) is 6.92 Å². The Morgan fingerprint density at radius 2 is 1.80 bits per heavy atom. The van der Waals surface area contributed by atoms with Crippen molar-refractivity contribution >= 4 is 29.2 Å². The molecule has 0 heterocycles. The van der Waals surface area contributed by atoms with Crippen molar-refractivity contribution in [3.05, 3.63) is 59.1 Å². The van der Waals surface area contributed by atoms with E-state index in [0.29, 0.717) is 10.7 Å². The minimum atomic E-state index is -0.928. The van der Waals surface area contributed by atoms with Crippen molar-refractivity contribution in [1.82, 2.24) is 0 Å². The van der Waals surface area contributed by atoms with E-state index in [-0.39, 0.29) is 13.0 Å². The van der Waals surface area contributed by atoms with Crippen LogP contribution in [0.15, 0.2) is 48.5 Å². The molecule has 0 aliphatic carbocycles. The zero-order chi connectivity index (χ0) is 18.2. The van der Waals surface area contributed by atoms with Gasteiger partial charge < -0.3 is 14.8 Å². The number of aryl methyl sites for hydroxylation is 1. The van der Waals surface area contributed by atoms with Gasteiger partial charge in [0.15, 0.2) is 6.10 Å². The number of amides is 1. The first kappa shape index (κ1) is 18.8. The number of rotatable bonds is 7. The molecule has 0 aromatic heterocycles. The summed E-state index contributed by atoms with van der Waals surface area (Å²) < 4.78 is 10.7. The molecule has 0 saturated heterocycles. The molecule has 0 unspecified atom stereocenters. The van der Waals surface area contributed by atoms with Crippen molar-refractivity contribution < 1.29 is 19.1 Å². The topological polar surface area (TPSA) is 64.6 Å². The van der Waals surface area contributed by atoms with Gasteiger partial charge in [-0.25, -0.2) is 0 Å². The Morgan fingerprint density at radius 1 is 1.12 bits per heavy atom. The lowest BCUT2D eigenvalue weighted by molar-refractivity contribution is -0.153. The highest BCUT2D eigenvalue weighted by Crippen LogP contribution is 2.21. The van der Waals surface area contributed by atoms with E-state index in [9.17, 15) is 9.59 Å². The highest BCUT2D eigenvalue weighted by atomic mass is 35.5. The zero-order valence-electron chi connectivity index (χ0n) is 14.1. The summed E-state index contributed by atoms with van der Waals surface area (Å²) in [6.07, 6.45) is -0.875. The number of benzene rings is 2. The monoisotopic (exact) mass is 361 g/mol.